The fraction of sp³-hybridized carbons (Fsp3) is 0.333. The fourth-order valence-corrected chi connectivity index (χ4v) is 2.50. The second-order valence-corrected chi connectivity index (χ2v) is 5.57. The molecule has 0 amide bonds. The molecule has 1 aliphatic heterocycles. The van der Waals surface area contributed by atoms with Crippen LogP contribution in [-0.2, 0) is 4.79 Å². The zero-order valence-electron chi connectivity index (χ0n) is 13.5. The lowest BCUT2D eigenvalue weighted by atomic mass is 10.00. The van der Waals surface area contributed by atoms with Crippen LogP contribution < -0.4 is 10.2 Å². The van der Waals surface area contributed by atoms with Gasteiger partial charge in [0, 0.05) is 25.6 Å². The van der Waals surface area contributed by atoms with Crippen LogP contribution in [0.3, 0.4) is 0 Å². The number of aldehydes is 1. The van der Waals surface area contributed by atoms with Crippen LogP contribution in [0.5, 0.6) is 0 Å². The predicted molar refractivity (Wildman–Crippen MR) is 93.5 cm³/mol. The molecule has 1 fully saturated rings. The van der Waals surface area contributed by atoms with Gasteiger partial charge in [-0.2, -0.15) is 4.39 Å². The SMILES string of the molecule is C=CC=C=CC(=C)CNc1ncnc(N2CCCC(C=O)C2)c1F. The van der Waals surface area contributed by atoms with Gasteiger partial charge in [0.25, 0.3) is 0 Å². The van der Waals surface area contributed by atoms with Gasteiger partial charge in [-0.25, -0.2) is 9.97 Å². The number of nitrogens with one attached hydrogen (secondary N) is 1. The molecule has 1 aliphatic rings. The van der Waals surface area contributed by atoms with Crippen LogP contribution in [0.1, 0.15) is 12.8 Å². The van der Waals surface area contributed by atoms with Crippen molar-refractivity contribution in [3.63, 3.8) is 0 Å². The molecule has 0 bridgehead atoms. The van der Waals surface area contributed by atoms with Crippen molar-refractivity contribution in [1.82, 2.24) is 9.97 Å². The van der Waals surface area contributed by atoms with E-state index in [9.17, 15) is 9.18 Å². The summed E-state index contributed by atoms with van der Waals surface area (Å²) < 4.78 is 14.7. The van der Waals surface area contributed by atoms with Crippen LogP contribution in [0.25, 0.3) is 0 Å². The number of allylic oxidation sites excluding steroid dienone is 1. The van der Waals surface area contributed by atoms with E-state index >= 15 is 0 Å². The normalized spacial score (nSPS) is 16.7. The average Bonchev–Trinajstić information content (AvgIpc) is 2.61. The largest absolute Gasteiger partial charge is 0.363 e. The van der Waals surface area contributed by atoms with E-state index < -0.39 is 5.82 Å². The molecule has 2 rings (SSSR count). The smallest absolute Gasteiger partial charge is 0.207 e. The van der Waals surface area contributed by atoms with Gasteiger partial charge < -0.3 is 15.0 Å². The second-order valence-electron chi connectivity index (χ2n) is 5.57. The van der Waals surface area contributed by atoms with Crippen molar-refractivity contribution in [3.05, 3.63) is 54.8 Å². The lowest BCUT2D eigenvalue weighted by Gasteiger charge is -2.31. The van der Waals surface area contributed by atoms with Crippen LogP contribution in [-0.4, -0.2) is 35.9 Å². The van der Waals surface area contributed by atoms with Crippen molar-refractivity contribution in [2.24, 2.45) is 5.92 Å². The average molecular weight is 328 g/mol. The van der Waals surface area contributed by atoms with E-state index in [1.807, 2.05) is 0 Å². The zero-order valence-corrected chi connectivity index (χ0v) is 13.5. The van der Waals surface area contributed by atoms with E-state index in [2.05, 4.69) is 34.2 Å². The summed E-state index contributed by atoms with van der Waals surface area (Å²) in [5.41, 5.74) is 3.61. The maximum atomic E-state index is 14.7. The second kappa shape index (κ2) is 8.79. The lowest BCUT2D eigenvalue weighted by molar-refractivity contribution is -0.111. The molecule has 2 heterocycles. The number of halogens is 1. The molecular weight excluding hydrogens is 307 g/mol. The molecule has 0 spiro atoms. The maximum Gasteiger partial charge on any atom is 0.207 e. The van der Waals surface area contributed by atoms with Gasteiger partial charge in [0.15, 0.2) is 11.6 Å². The Bertz CT molecular complexity index is 680. The minimum absolute atomic E-state index is 0.0777. The Labute approximate surface area is 141 Å². The number of nitrogens with zero attached hydrogens (tertiary/aromatic N) is 3. The Morgan fingerprint density at radius 2 is 2.38 bits per heavy atom. The first-order valence-electron chi connectivity index (χ1n) is 7.81. The molecule has 1 aromatic rings. The first kappa shape index (κ1) is 17.6. The monoisotopic (exact) mass is 328 g/mol. The molecule has 1 unspecified atom stereocenters. The van der Waals surface area contributed by atoms with Gasteiger partial charge in [-0.05, 0) is 30.6 Å². The molecule has 0 aliphatic carbocycles. The summed E-state index contributed by atoms with van der Waals surface area (Å²) in [5.74, 6) is -0.240. The quantitative estimate of drug-likeness (QED) is 0.474. The summed E-state index contributed by atoms with van der Waals surface area (Å²) in [6.45, 7) is 8.91. The third kappa shape index (κ3) is 4.64. The van der Waals surface area contributed by atoms with Crippen LogP contribution in [0.15, 0.2) is 49.0 Å². The number of carbonyl (C=O) groups excluding carboxylic acids is 1. The summed E-state index contributed by atoms with van der Waals surface area (Å²) >= 11 is 0. The van der Waals surface area contributed by atoms with Gasteiger partial charge in [-0.15, -0.1) is 5.73 Å². The number of anilines is 2. The topological polar surface area (TPSA) is 58.1 Å². The highest BCUT2D eigenvalue weighted by Crippen LogP contribution is 2.25. The van der Waals surface area contributed by atoms with E-state index in [0.29, 0.717) is 19.6 Å². The van der Waals surface area contributed by atoms with Crippen molar-refractivity contribution < 1.29 is 9.18 Å². The molecule has 126 valence electrons. The Hall–Kier alpha value is -2.72. The van der Waals surface area contributed by atoms with Crippen LogP contribution >= 0.6 is 0 Å². The summed E-state index contributed by atoms with van der Waals surface area (Å²) in [7, 11) is 0. The summed E-state index contributed by atoms with van der Waals surface area (Å²) in [4.78, 5) is 20.8. The van der Waals surface area contributed by atoms with Gasteiger partial charge in [-0.1, -0.05) is 19.2 Å². The number of hydrogen-bond acceptors (Lipinski definition) is 5. The van der Waals surface area contributed by atoms with Gasteiger partial charge in [0.05, 0.1) is 0 Å². The number of carbonyl (C=O) groups is 1. The van der Waals surface area contributed by atoms with Gasteiger partial charge in [-0.3, -0.25) is 0 Å². The Morgan fingerprint density at radius 1 is 1.54 bits per heavy atom. The zero-order chi connectivity index (χ0) is 17.4. The molecule has 6 heteroatoms. The highest BCUT2D eigenvalue weighted by atomic mass is 19.1. The van der Waals surface area contributed by atoms with Crippen molar-refractivity contribution in [3.8, 4) is 0 Å². The van der Waals surface area contributed by atoms with E-state index in [-0.39, 0.29) is 17.6 Å². The predicted octanol–water partition coefficient (Wildman–Crippen LogP) is 2.90. The molecule has 1 aromatic heterocycles. The summed E-state index contributed by atoms with van der Waals surface area (Å²) in [5, 5.41) is 2.91. The van der Waals surface area contributed by atoms with Gasteiger partial charge >= 0.3 is 0 Å². The van der Waals surface area contributed by atoms with Gasteiger partial charge in [0.2, 0.25) is 5.82 Å². The first-order valence-corrected chi connectivity index (χ1v) is 7.81. The molecule has 1 saturated heterocycles. The van der Waals surface area contributed by atoms with Crippen molar-refractivity contribution in [2.75, 3.05) is 29.9 Å². The van der Waals surface area contributed by atoms with E-state index in [1.165, 1.54) is 6.33 Å². The highest BCUT2D eigenvalue weighted by Gasteiger charge is 2.24. The Kier molecular flexibility index (Phi) is 6.46. The number of piperidine rings is 1. The van der Waals surface area contributed by atoms with Crippen molar-refractivity contribution >= 4 is 17.9 Å². The Balaban J connectivity index is 2.07. The molecule has 0 radical (unpaired) electrons. The van der Waals surface area contributed by atoms with Crippen molar-refractivity contribution in [2.45, 2.75) is 12.8 Å². The number of aromatic nitrogens is 2. The molecule has 1 N–H and O–H groups in total. The van der Waals surface area contributed by atoms with E-state index in [0.717, 1.165) is 24.7 Å². The highest BCUT2D eigenvalue weighted by molar-refractivity contribution is 5.57. The van der Waals surface area contributed by atoms with Crippen molar-refractivity contribution in [1.29, 1.82) is 0 Å². The molecule has 5 nitrogen and oxygen atoms in total. The minimum Gasteiger partial charge on any atom is -0.363 e. The molecular formula is C18H21FN4O. The molecule has 1 atom stereocenters. The third-order valence-electron chi connectivity index (χ3n) is 3.71. The molecule has 0 saturated carbocycles. The van der Waals surface area contributed by atoms with E-state index in [4.69, 9.17) is 0 Å². The first-order chi connectivity index (χ1) is 11.7. The minimum atomic E-state index is -0.512. The van der Waals surface area contributed by atoms with E-state index in [1.54, 1.807) is 23.1 Å². The number of rotatable bonds is 7. The maximum absolute atomic E-state index is 14.7. The van der Waals surface area contributed by atoms with Crippen LogP contribution in [0.2, 0.25) is 0 Å². The Morgan fingerprint density at radius 3 is 3.12 bits per heavy atom. The number of hydrogen-bond donors (Lipinski definition) is 1. The summed E-state index contributed by atoms with van der Waals surface area (Å²) in [6.07, 6.45) is 8.88. The van der Waals surface area contributed by atoms with Crippen LogP contribution in [0.4, 0.5) is 16.0 Å². The van der Waals surface area contributed by atoms with Crippen LogP contribution in [0, 0.1) is 11.7 Å². The standard InChI is InChI=1S/C18H21FN4O/c1-3-4-5-7-14(2)10-20-17-16(19)18(22-13-21-17)23-9-6-8-15(11-23)12-24/h3-4,7,12-13,15H,1-2,6,8-11H2,(H,20,21,22). The lowest BCUT2D eigenvalue weighted by Crippen LogP contribution is -2.37. The molecule has 24 heavy (non-hydrogen) atoms. The molecule has 0 aromatic carbocycles. The van der Waals surface area contributed by atoms with Gasteiger partial charge in [0.1, 0.15) is 12.6 Å². The summed E-state index contributed by atoms with van der Waals surface area (Å²) in [6, 6.07) is 0. The fourth-order valence-electron chi connectivity index (χ4n) is 2.50. The third-order valence-corrected chi connectivity index (χ3v) is 3.71.